The minimum atomic E-state index is -0.0177. The second kappa shape index (κ2) is 8.86. The van der Waals surface area contributed by atoms with E-state index in [0.29, 0.717) is 42.3 Å². The van der Waals surface area contributed by atoms with Crippen molar-refractivity contribution >= 4 is 22.5 Å². The predicted octanol–water partition coefficient (Wildman–Crippen LogP) is 4.20. The molecule has 3 aromatic rings. The van der Waals surface area contributed by atoms with Crippen molar-refractivity contribution in [3.05, 3.63) is 58.9 Å². The Hall–Kier alpha value is -3.61. The summed E-state index contributed by atoms with van der Waals surface area (Å²) in [5, 5.41) is 0. The molecule has 0 radical (unpaired) electrons. The van der Waals surface area contributed by atoms with Gasteiger partial charge in [0.05, 0.1) is 49.3 Å². The van der Waals surface area contributed by atoms with E-state index in [4.69, 9.17) is 14.2 Å². The number of aryl methyl sites for hydroxylation is 2. The smallest absolute Gasteiger partial charge is 0.254 e. The van der Waals surface area contributed by atoms with Crippen molar-refractivity contribution in [3.63, 3.8) is 0 Å². The van der Waals surface area contributed by atoms with Crippen LogP contribution >= 0.6 is 0 Å². The molecule has 0 atom stereocenters. The van der Waals surface area contributed by atoms with Gasteiger partial charge in [0.1, 0.15) is 17.2 Å². The zero-order chi connectivity index (χ0) is 22.8. The van der Waals surface area contributed by atoms with Crippen LogP contribution in [0, 0.1) is 13.8 Å². The van der Waals surface area contributed by atoms with Gasteiger partial charge < -0.3 is 19.1 Å². The summed E-state index contributed by atoms with van der Waals surface area (Å²) in [7, 11) is 4.86. The van der Waals surface area contributed by atoms with Crippen molar-refractivity contribution < 1.29 is 19.0 Å². The van der Waals surface area contributed by atoms with Crippen molar-refractivity contribution in [3.8, 4) is 17.2 Å². The Kier molecular flexibility index (Phi) is 5.99. The molecule has 1 amide bonds. The lowest BCUT2D eigenvalue weighted by molar-refractivity contribution is 0.0773. The summed E-state index contributed by atoms with van der Waals surface area (Å²) in [6.07, 6.45) is 2.75. The summed E-state index contributed by atoms with van der Waals surface area (Å²) < 4.78 is 16.5. The Balaban J connectivity index is 1.59. The zero-order valence-corrected chi connectivity index (χ0v) is 19.1. The quantitative estimate of drug-likeness (QED) is 0.600. The molecule has 1 aromatic heterocycles. The van der Waals surface area contributed by atoms with E-state index in [9.17, 15) is 4.79 Å². The highest BCUT2D eigenvalue weighted by atomic mass is 16.5. The number of aromatic nitrogens is 2. The minimum Gasteiger partial charge on any atom is -0.496 e. The first-order chi connectivity index (χ1) is 15.4. The first kappa shape index (κ1) is 21.6. The van der Waals surface area contributed by atoms with Gasteiger partial charge >= 0.3 is 0 Å². The molecule has 0 saturated heterocycles. The van der Waals surface area contributed by atoms with Crippen LogP contribution in [0.4, 0.5) is 0 Å². The van der Waals surface area contributed by atoms with Crippen molar-refractivity contribution in [2.45, 2.75) is 20.3 Å². The molecule has 1 aliphatic heterocycles. The number of carbonyl (C=O) groups excluding carboxylic acids is 1. The average molecular weight is 434 g/mol. The fraction of sp³-hybridized carbons (Fsp3) is 0.320. The lowest BCUT2D eigenvalue weighted by Gasteiger charge is -2.28. The van der Waals surface area contributed by atoms with Gasteiger partial charge in [-0.3, -0.25) is 4.79 Å². The SMILES string of the molecule is COc1cc(OC)c(C2=CCN(C(=O)c3ccc4nc(C)c(C)nc4c3)CC2)c(OC)c1. The highest BCUT2D eigenvalue weighted by Gasteiger charge is 2.24. The number of amides is 1. The summed E-state index contributed by atoms with van der Waals surface area (Å²) >= 11 is 0. The van der Waals surface area contributed by atoms with Gasteiger partial charge in [0.25, 0.3) is 5.91 Å². The van der Waals surface area contributed by atoms with Crippen molar-refractivity contribution in [2.24, 2.45) is 0 Å². The number of nitrogens with zero attached hydrogens (tertiary/aromatic N) is 3. The van der Waals surface area contributed by atoms with E-state index in [1.807, 2.05) is 49.1 Å². The third-order valence-corrected chi connectivity index (χ3v) is 5.85. The molecule has 2 aromatic carbocycles. The number of carbonyl (C=O) groups is 1. The third-order valence-electron chi connectivity index (χ3n) is 5.85. The summed E-state index contributed by atoms with van der Waals surface area (Å²) in [6.45, 7) is 4.96. The number of hydrogen-bond donors (Lipinski definition) is 0. The monoisotopic (exact) mass is 433 g/mol. The lowest BCUT2D eigenvalue weighted by atomic mass is 9.96. The van der Waals surface area contributed by atoms with Gasteiger partial charge in [-0.25, -0.2) is 9.97 Å². The third kappa shape index (κ3) is 3.98. The number of hydrogen-bond acceptors (Lipinski definition) is 6. The summed E-state index contributed by atoms with van der Waals surface area (Å²) in [6, 6.07) is 9.20. The molecular weight excluding hydrogens is 406 g/mol. The molecule has 4 rings (SSSR count). The summed E-state index contributed by atoms with van der Waals surface area (Å²) in [4.78, 5) is 24.1. The maximum Gasteiger partial charge on any atom is 0.254 e. The van der Waals surface area contributed by atoms with Crippen LogP contribution in [0.15, 0.2) is 36.4 Å². The summed E-state index contributed by atoms with van der Waals surface area (Å²) in [5.74, 6) is 2.02. The van der Waals surface area contributed by atoms with E-state index in [1.165, 1.54) is 0 Å². The lowest BCUT2D eigenvalue weighted by Crippen LogP contribution is -2.34. The molecular formula is C25H27N3O4. The van der Waals surface area contributed by atoms with E-state index in [-0.39, 0.29) is 5.91 Å². The van der Waals surface area contributed by atoms with Gasteiger partial charge in [0.15, 0.2) is 0 Å². The molecule has 0 fully saturated rings. The number of ether oxygens (including phenoxy) is 3. The van der Waals surface area contributed by atoms with Crippen LogP contribution in [0.3, 0.4) is 0 Å². The van der Waals surface area contributed by atoms with Gasteiger partial charge in [0.2, 0.25) is 0 Å². The van der Waals surface area contributed by atoms with E-state index in [2.05, 4.69) is 16.0 Å². The average Bonchev–Trinajstić information content (AvgIpc) is 2.83. The molecule has 0 unspecified atom stereocenters. The molecule has 0 N–H and O–H groups in total. The largest absolute Gasteiger partial charge is 0.496 e. The molecule has 0 bridgehead atoms. The zero-order valence-electron chi connectivity index (χ0n) is 19.1. The maximum absolute atomic E-state index is 13.2. The Bertz CT molecular complexity index is 1190. The van der Waals surface area contributed by atoms with Crippen molar-refractivity contribution in [1.29, 1.82) is 0 Å². The van der Waals surface area contributed by atoms with Gasteiger partial charge in [-0.15, -0.1) is 0 Å². The second-order valence-corrected chi connectivity index (χ2v) is 7.74. The predicted molar refractivity (Wildman–Crippen MR) is 124 cm³/mol. The van der Waals surface area contributed by atoms with Crippen LogP contribution in [0.5, 0.6) is 17.2 Å². The molecule has 7 nitrogen and oxygen atoms in total. The Morgan fingerprint density at radius 2 is 1.56 bits per heavy atom. The Morgan fingerprint density at radius 1 is 0.906 bits per heavy atom. The number of benzene rings is 2. The minimum absolute atomic E-state index is 0.0177. The van der Waals surface area contributed by atoms with E-state index in [0.717, 1.165) is 33.6 Å². The van der Waals surface area contributed by atoms with Crippen LogP contribution in [-0.2, 0) is 0 Å². The molecule has 2 heterocycles. The highest BCUT2D eigenvalue weighted by Crippen LogP contribution is 2.41. The number of rotatable bonds is 5. The van der Waals surface area contributed by atoms with Crippen LogP contribution in [-0.4, -0.2) is 55.2 Å². The highest BCUT2D eigenvalue weighted by molar-refractivity contribution is 5.98. The standard InChI is InChI=1S/C25H27N3O4/c1-15-16(2)27-21-12-18(6-7-20(21)26-15)25(29)28-10-8-17(9-11-28)24-22(31-4)13-19(30-3)14-23(24)32-5/h6-8,12-14H,9-11H2,1-5H3. The van der Waals surface area contributed by atoms with Crippen molar-refractivity contribution in [1.82, 2.24) is 14.9 Å². The van der Waals surface area contributed by atoms with Crippen molar-refractivity contribution in [2.75, 3.05) is 34.4 Å². The van der Waals surface area contributed by atoms with E-state index < -0.39 is 0 Å². The fourth-order valence-electron chi connectivity index (χ4n) is 3.95. The Labute approximate surface area is 187 Å². The first-order valence-electron chi connectivity index (χ1n) is 10.5. The maximum atomic E-state index is 13.2. The second-order valence-electron chi connectivity index (χ2n) is 7.74. The molecule has 166 valence electrons. The molecule has 0 spiro atoms. The van der Waals surface area contributed by atoms with E-state index >= 15 is 0 Å². The molecule has 32 heavy (non-hydrogen) atoms. The van der Waals surface area contributed by atoms with Crippen LogP contribution < -0.4 is 14.2 Å². The summed E-state index contributed by atoms with van der Waals surface area (Å²) in [5.41, 5.74) is 5.90. The van der Waals surface area contributed by atoms with Gasteiger partial charge in [0, 0.05) is 30.8 Å². The molecule has 0 saturated carbocycles. The van der Waals surface area contributed by atoms with E-state index in [1.54, 1.807) is 21.3 Å². The van der Waals surface area contributed by atoms with Gasteiger partial charge in [-0.1, -0.05) is 6.08 Å². The van der Waals surface area contributed by atoms with Gasteiger partial charge in [-0.2, -0.15) is 0 Å². The van der Waals surface area contributed by atoms with Crippen LogP contribution in [0.2, 0.25) is 0 Å². The fourth-order valence-corrected chi connectivity index (χ4v) is 3.95. The Morgan fingerprint density at radius 3 is 2.12 bits per heavy atom. The van der Waals surface area contributed by atoms with Crippen LogP contribution in [0.1, 0.15) is 33.7 Å². The molecule has 0 aliphatic carbocycles. The molecule has 7 heteroatoms. The van der Waals surface area contributed by atoms with Gasteiger partial charge in [-0.05, 0) is 44.0 Å². The number of fused-ring (bicyclic) bond motifs is 1. The topological polar surface area (TPSA) is 73.8 Å². The number of methoxy groups -OCH3 is 3. The normalized spacial score (nSPS) is 13.7. The molecule has 1 aliphatic rings. The first-order valence-corrected chi connectivity index (χ1v) is 10.5. The van der Waals surface area contributed by atoms with Crippen LogP contribution in [0.25, 0.3) is 16.6 Å².